The topological polar surface area (TPSA) is 106 Å². The third kappa shape index (κ3) is 3.87. The second-order valence-electron chi connectivity index (χ2n) is 6.02. The Hall–Kier alpha value is -2.66. The van der Waals surface area contributed by atoms with Crippen LogP contribution in [0.15, 0.2) is 24.3 Å². The molecule has 0 unspecified atom stereocenters. The third-order valence-electron chi connectivity index (χ3n) is 4.29. The lowest BCUT2D eigenvalue weighted by Crippen LogP contribution is -2.11. The van der Waals surface area contributed by atoms with Gasteiger partial charge in [-0.1, -0.05) is 52.5 Å². The summed E-state index contributed by atoms with van der Waals surface area (Å²) in [6.45, 7) is 0. The van der Waals surface area contributed by atoms with Crippen LogP contribution in [0.2, 0.25) is 20.1 Å². The van der Waals surface area contributed by atoms with Crippen LogP contribution in [0.4, 0.5) is 0 Å². The van der Waals surface area contributed by atoms with Crippen molar-refractivity contribution in [3.05, 3.63) is 56.0 Å². The van der Waals surface area contributed by atoms with Crippen molar-refractivity contribution in [1.29, 1.82) is 0 Å². The molecule has 0 saturated carbocycles. The molecule has 4 aromatic rings. The lowest BCUT2D eigenvalue weighted by atomic mass is 10.2. The number of halogens is 4. The van der Waals surface area contributed by atoms with Gasteiger partial charge < -0.3 is 9.47 Å². The number of hydrogen-bond donors (Lipinski definition) is 0. The summed E-state index contributed by atoms with van der Waals surface area (Å²) >= 11 is 24.8. The minimum absolute atomic E-state index is 0.140. The number of methoxy groups -OCH3 is 2. The zero-order valence-corrected chi connectivity index (χ0v) is 18.9. The Kier molecular flexibility index (Phi) is 6.15. The highest BCUT2D eigenvalue weighted by molar-refractivity contribution is 6.48. The second kappa shape index (κ2) is 8.83. The summed E-state index contributed by atoms with van der Waals surface area (Å²) in [5.41, 5.74) is 0.963. The van der Waals surface area contributed by atoms with Gasteiger partial charge in [0.05, 0.1) is 35.7 Å². The number of para-hydroxylation sites is 1. The molecule has 31 heavy (non-hydrogen) atoms. The van der Waals surface area contributed by atoms with Crippen LogP contribution < -0.4 is 9.47 Å². The maximum absolute atomic E-state index is 6.28. The molecule has 0 aliphatic heterocycles. The fourth-order valence-electron chi connectivity index (χ4n) is 2.93. The number of hydrogen-bond acceptors (Lipinski definition) is 8. The van der Waals surface area contributed by atoms with E-state index in [0.717, 1.165) is 0 Å². The van der Waals surface area contributed by atoms with E-state index in [4.69, 9.17) is 55.9 Å². The summed E-state index contributed by atoms with van der Waals surface area (Å²) in [5.74, 6) is 1.52. The van der Waals surface area contributed by atoms with E-state index in [1.165, 1.54) is 23.6 Å². The summed E-state index contributed by atoms with van der Waals surface area (Å²) in [6, 6.07) is 6.79. The number of tetrazole rings is 2. The van der Waals surface area contributed by atoms with Gasteiger partial charge in [-0.05, 0) is 39.1 Å². The van der Waals surface area contributed by atoms with Gasteiger partial charge in [-0.3, -0.25) is 0 Å². The quantitative estimate of drug-likeness (QED) is 0.366. The summed E-state index contributed by atoms with van der Waals surface area (Å²) in [7, 11) is 2.96. The number of rotatable bonds is 6. The highest BCUT2D eigenvalue weighted by Crippen LogP contribution is 2.41. The Bertz CT molecular complexity index is 1260. The molecule has 0 spiro atoms. The van der Waals surface area contributed by atoms with Crippen LogP contribution >= 0.6 is 46.4 Å². The standard InChI is InChI=1S/C17H12Cl4N8O2/c1-30-16-8(18)4-3-5-10(16)28-12(22-24-26-28)7-13-23-25-27-29(13)11-6-9(19)14(20)15(21)17(11)31-2/h3-6H,7H2,1-2H3. The van der Waals surface area contributed by atoms with E-state index < -0.39 is 0 Å². The van der Waals surface area contributed by atoms with Gasteiger partial charge >= 0.3 is 0 Å². The molecule has 2 aromatic heterocycles. The summed E-state index contributed by atoms with van der Waals surface area (Å²) in [6.07, 6.45) is 0.149. The van der Waals surface area contributed by atoms with Crippen LogP contribution in [-0.2, 0) is 6.42 Å². The maximum atomic E-state index is 6.28. The highest BCUT2D eigenvalue weighted by Gasteiger charge is 2.23. The fourth-order valence-corrected chi connectivity index (χ4v) is 3.84. The number of benzene rings is 2. The van der Waals surface area contributed by atoms with Crippen molar-refractivity contribution in [2.45, 2.75) is 6.42 Å². The third-order valence-corrected chi connectivity index (χ3v) is 5.84. The lowest BCUT2D eigenvalue weighted by molar-refractivity contribution is 0.411. The second-order valence-corrected chi connectivity index (χ2v) is 7.59. The molecule has 2 heterocycles. The molecule has 0 saturated heterocycles. The van der Waals surface area contributed by atoms with E-state index in [-0.39, 0.29) is 27.2 Å². The normalized spacial score (nSPS) is 11.0. The average molecular weight is 502 g/mol. The minimum Gasteiger partial charge on any atom is -0.493 e. The Labute approximate surface area is 195 Å². The first-order valence-corrected chi connectivity index (χ1v) is 10.1. The summed E-state index contributed by atoms with van der Waals surface area (Å²) in [4.78, 5) is 0. The molecule has 160 valence electrons. The van der Waals surface area contributed by atoms with Gasteiger partial charge in [0, 0.05) is 0 Å². The van der Waals surface area contributed by atoms with Crippen LogP contribution in [-0.4, -0.2) is 54.6 Å². The molecule has 0 bridgehead atoms. The molecule has 0 fully saturated rings. The molecule has 4 rings (SSSR count). The van der Waals surface area contributed by atoms with Crippen LogP contribution in [0.25, 0.3) is 11.4 Å². The Morgan fingerprint density at radius 3 is 2.00 bits per heavy atom. The first kappa shape index (κ1) is 21.6. The van der Waals surface area contributed by atoms with E-state index in [9.17, 15) is 0 Å². The molecule has 0 radical (unpaired) electrons. The Morgan fingerprint density at radius 1 is 0.774 bits per heavy atom. The van der Waals surface area contributed by atoms with E-state index in [1.807, 2.05) is 0 Å². The number of ether oxygens (including phenoxy) is 2. The molecule has 14 heteroatoms. The fraction of sp³-hybridized carbons (Fsp3) is 0.176. The molecule has 0 amide bonds. The van der Waals surface area contributed by atoms with Gasteiger partial charge in [0.1, 0.15) is 16.4 Å². The van der Waals surface area contributed by atoms with Crippen LogP contribution in [0.5, 0.6) is 11.5 Å². The number of aromatic nitrogens is 8. The minimum atomic E-state index is 0.140. The maximum Gasteiger partial charge on any atom is 0.164 e. The van der Waals surface area contributed by atoms with E-state index in [2.05, 4.69) is 31.1 Å². The van der Waals surface area contributed by atoms with Crippen LogP contribution in [0.1, 0.15) is 11.6 Å². The molecule has 0 aliphatic rings. The van der Waals surface area contributed by atoms with Crippen molar-refractivity contribution in [2.24, 2.45) is 0 Å². The van der Waals surface area contributed by atoms with E-state index in [0.29, 0.717) is 33.8 Å². The molecule has 2 aromatic carbocycles. The van der Waals surface area contributed by atoms with Crippen molar-refractivity contribution in [3.8, 4) is 22.9 Å². The smallest absolute Gasteiger partial charge is 0.164 e. The van der Waals surface area contributed by atoms with E-state index in [1.54, 1.807) is 24.3 Å². The van der Waals surface area contributed by atoms with Gasteiger partial charge in [0.15, 0.2) is 23.1 Å². The van der Waals surface area contributed by atoms with Crippen molar-refractivity contribution in [2.75, 3.05) is 14.2 Å². The van der Waals surface area contributed by atoms with Crippen molar-refractivity contribution >= 4 is 46.4 Å². The van der Waals surface area contributed by atoms with Gasteiger partial charge in [0.25, 0.3) is 0 Å². The van der Waals surface area contributed by atoms with Crippen LogP contribution in [0.3, 0.4) is 0 Å². The Morgan fingerprint density at radius 2 is 1.39 bits per heavy atom. The van der Waals surface area contributed by atoms with Gasteiger partial charge in [-0.2, -0.15) is 9.36 Å². The summed E-state index contributed by atoms with van der Waals surface area (Å²) in [5, 5.41) is 24.7. The van der Waals surface area contributed by atoms with Crippen molar-refractivity contribution < 1.29 is 9.47 Å². The zero-order chi connectivity index (χ0) is 22.1. The molecular weight excluding hydrogens is 490 g/mol. The lowest BCUT2D eigenvalue weighted by Gasteiger charge is -2.14. The zero-order valence-electron chi connectivity index (χ0n) is 15.9. The predicted molar refractivity (Wildman–Crippen MR) is 114 cm³/mol. The van der Waals surface area contributed by atoms with Gasteiger partial charge in [-0.15, -0.1) is 10.2 Å². The Balaban J connectivity index is 1.78. The van der Waals surface area contributed by atoms with Gasteiger partial charge in [0.2, 0.25) is 0 Å². The predicted octanol–water partition coefficient (Wildman–Crippen LogP) is 3.86. The van der Waals surface area contributed by atoms with Crippen LogP contribution in [0, 0.1) is 0 Å². The molecule has 0 aliphatic carbocycles. The average Bonchev–Trinajstić information content (AvgIpc) is 3.41. The first-order chi connectivity index (χ1) is 15.0. The number of nitrogens with zero attached hydrogens (tertiary/aromatic N) is 8. The first-order valence-electron chi connectivity index (χ1n) is 8.55. The summed E-state index contributed by atoms with van der Waals surface area (Å²) < 4.78 is 13.7. The highest BCUT2D eigenvalue weighted by atomic mass is 35.5. The molecule has 0 atom stereocenters. The molecule has 10 nitrogen and oxygen atoms in total. The largest absolute Gasteiger partial charge is 0.493 e. The monoisotopic (exact) mass is 500 g/mol. The van der Waals surface area contributed by atoms with Gasteiger partial charge in [-0.25, -0.2) is 0 Å². The van der Waals surface area contributed by atoms with E-state index >= 15 is 0 Å². The molecule has 0 N–H and O–H groups in total. The van der Waals surface area contributed by atoms with Crippen molar-refractivity contribution in [1.82, 2.24) is 40.4 Å². The SMILES string of the molecule is COc1c(Cl)cccc1-n1nnnc1Cc1nnnn1-c1cc(Cl)c(Cl)c(Cl)c1OC. The van der Waals surface area contributed by atoms with Crippen molar-refractivity contribution in [3.63, 3.8) is 0 Å². The molecular formula is C17H12Cl4N8O2.